The first-order valence-corrected chi connectivity index (χ1v) is 7.28. The highest BCUT2D eigenvalue weighted by molar-refractivity contribution is 9.10. The highest BCUT2D eigenvalue weighted by Crippen LogP contribution is 2.25. The quantitative estimate of drug-likeness (QED) is 0.626. The number of hydrogen-bond acceptors (Lipinski definition) is 3. The number of carbonyl (C=O) groups excluding carboxylic acids is 1. The largest absolute Gasteiger partial charge is 0.293 e. The highest BCUT2D eigenvalue weighted by Gasteiger charge is 2.10. The number of pyridine rings is 1. The summed E-state index contributed by atoms with van der Waals surface area (Å²) in [6.45, 7) is 1.95. The minimum Gasteiger partial charge on any atom is -0.293 e. The van der Waals surface area contributed by atoms with Crippen LogP contribution in [0.3, 0.4) is 0 Å². The van der Waals surface area contributed by atoms with Crippen LogP contribution < -0.4 is 0 Å². The van der Waals surface area contributed by atoms with Crippen LogP contribution in [0.25, 0.3) is 0 Å². The third-order valence-corrected chi connectivity index (χ3v) is 4.42. The second kappa shape index (κ2) is 6.16. The van der Waals surface area contributed by atoms with Crippen molar-refractivity contribution < 1.29 is 4.79 Å². The Kier molecular flexibility index (Phi) is 4.55. The Hall–Kier alpha value is -1.13. The number of ketones is 1. The molecular formula is C14H12BrNOS. The summed E-state index contributed by atoms with van der Waals surface area (Å²) in [5.41, 5.74) is 1.81. The van der Waals surface area contributed by atoms with Gasteiger partial charge in [-0.05, 0) is 40.5 Å². The van der Waals surface area contributed by atoms with E-state index in [9.17, 15) is 4.79 Å². The molecule has 92 valence electrons. The van der Waals surface area contributed by atoms with Gasteiger partial charge in [0.2, 0.25) is 0 Å². The van der Waals surface area contributed by atoms with Crippen LogP contribution in [0.1, 0.15) is 15.9 Å². The van der Waals surface area contributed by atoms with Crippen molar-refractivity contribution in [2.24, 2.45) is 0 Å². The van der Waals surface area contributed by atoms with Crippen LogP contribution in [0.4, 0.5) is 0 Å². The van der Waals surface area contributed by atoms with Gasteiger partial charge in [0.25, 0.3) is 0 Å². The maximum Gasteiger partial charge on any atom is 0.173 e. The van der Waals surface area contributed by atoms with E-state index in [1.54, 1.807) is 6.20 Å². The van der Waals surface area contributed by atoms with Crippen LogP contribution in [-0.2, 0) is 0 Å². The Morgan fingerprint density at radius 1 is 1.28 bits per heavy atom. The molecule has 0 bridgehead atoms. The topological polar surface area (TPSA) is 30.0 Å². The number of thioether (sulfide) groups is 1. The molecule has 1 aromatic carbocycles. The Labute approximate surface area is 119 Å². The van der Waals surface area contributed by atoms with Crippen LogP contribution in [0, 0.1) is 6.92 Å². The average molecular weight is 322 g/mol. The number of halogens is 1. The first-order valence-electron chi connectivity index (χ1n) is 5.50. The lowest BCUT2D eigenvalue weighted by Gasteiger charge is -2.05. The van der Waals surface area contributed by atoms with Crippen molar-refractivity contribution in [1.82, 2.24) is 4.98 Å². The molecule has 0 aliphatic carbocycles. The van der Waals surface area contributed by atoms with E-state index >= 15 is 0 Å². The SMILES string of the molecule is Cc1ccccc1C(=O)CSc1ncccc1Br. The van der Waals surface area contributed by atoms with E-state index in [-0.39, 0.29) is 5.78 Å². The molecule has 1 heterocycles. The maximum absolute atomic E-state index is 12.1. The van der Waals surface area contributed by atoms with Crippen molar-refractivity contribution in [2.45, 2.75) is 11.9 Å². The summed E-state index contributed by atoms with van der Waals surface area (Å²) < 4.78 is 0.924. The summed E-state index contributed by atoms with van der Waals surface area (Å²) in [5, 5.41) is 0.847. The molecule has 0 fully saturated rings. The molecule has 0 amide bonds. The molecular weight excluding hydrogens is 310 g/mol. The van der Waals surface area contributed by atoms with Crippen molar-refractivity contribution in [2.75, 3.05) is 5.75 Å². The average Bonchev–Trinajstić information content (AvgIpc) is 2.38. The number of rotatable bonds is 4. The number of Topliss-reactive ketones (excluding diaryl/α,β-unsaturated/α-hetero) is 1. The Bertz CT molecular complexity index is 571. The zero-order valence-corrected chi connectivity index (χ0v) is 12.3. The van der Waals surface area contributed by atoms with E-state index in [4.69, 9.17) is 0 Å². The fourth-order valence-electron chi connectivity index (χ4n) is 1.57. The minimum atomic E-state index is 0.135. The number of benzene rings is 1. The fourth-order valence-corrected chi connectivity index (χ4v) is 2.94. The van der Waals surface area contributed by atoms with Crippen molar-refractivity contribution in [3.63, 3.8) is 0 Å². The van der Waals surface area contributed by atoms with Crippen molar-refractivity contribution in [3.8, 4) is 0 Å². The number of carbonyl (C=O) groups is 1. The van der Waals surface area contributed by atoms with Crippen molar-refractivity contribution in [3.05, 3.63) is 58.2 Å². The van der Waals surface area contributed by atoms with Crippen LogP contribution in [0.15, 0.2) is 52.1 Å². The molecule has 2 rings (SSSR count). The van der Waals surface area contributed by atoms with Crippen LogP contribution in [0.5, 0.6) is 0 Å². The number of nitrogens with zero attached hydrogens (tertiary/aromatic N) is 1. The molecule has 18 heavy (non-hydrogen) atoms. The summed E-state index contributed by atoms with van der Waals surface area (Å²) in [4.78, 5) is 16.3. The van der Waals surface area contributed by atoms with Gasteiger partial charge in [0, 0.05) is 16.2 Å². The molecule has 0 unspecified atom stereocenters. The van der Waals surface area contributed by atoms with Gasteiger partial charge in [-0.25, -0.2) is 4.98 Å². The molecule has 1 aromatic heterocycles. The Balaban J connectivity index is 2.06. The van der Waals surface area contributed by atoms with Gasteiger partial charge in [-0.15, -0.1) is 0 Å². The normalized spacial score (nSPS) is 10.3. The van der Waals surface area contributed by atoms with E-state index < -0.39 is 0 Å². The van der Waals surface area contributed by atoms with Gasteiger partial charge in [0.1, 0.15) is 5.03 Å². The van der Waals surface area contributed by atoms with Gasteiger partial charge in [-0.2, -0.15) is 0 Å². The van der Waals surface area contributed by atoms with Crippen molar-refractivity contribution >= 4 is 33.5 Å². The van der Waals surface area contributed by atoms with Gasteiger partial charge in [0.05, 0.1) is 5.75 Å². The lowest BCUT2D eigenvalue weighted by atomic mass is 10.1. The Morgan fingerprint density at radius 3 is 2.78 bits per heavy atom. The van der Waals surface area contributed by atoms with Gasteiger partial charge in [-0.1, -0.05) is 36.0 Å². The molecule has 0 aliphatic rings. The fraction of sp³-hybridized carbons (Fsp3) is 0.143. The highest BCUT2D eigenvalue weighted by atomic mass is 79.9. The summed E-state index contributed by atoms with van der Waals surface area (Å²) in [6, 6.07) is 11.4. The minimum absolute atomic E-state index is 0.135. The lowest BCUT2D eigenvalue weighted by Crippen LogP contribution is -2.04. The van der Waals surface area contributed by atoms with E-state index in [0.29, 0.717) is 5.75 Å². The zero-order chi connectivity index (χ0) is 13.0. The zero-order valence-electron chi connectivity index (χ0n) is 9.89. The Morgan fingerprint density at radius 2 is 2.06 bits per heavy atom. The molecule has 2 aromatic rings. The molecule has 2 nitrogen and oxygen atoms in total. The monoisotopic (exact) mass is 321 g/mol. The summed E-state index contributed by atoms with van der Waals surface area (Å²) >= 11 is 4.87. The van der Waals surface area contributed by atoms with Gasteiger partial charge < -0.3 is 0 Å². The first-order chi connectivity index (χ1) is 8.68. The maximum atomic E-state index is 12.1. The lowest BCUT2D eigenvalue weighted by molar-refractivity contribution is 0.102. The molecule has 0 N–H and O–H groups in total. The molecule has 0 atom stereocenters. The van der Waals surface area contributed by atoms with E-state index in [2.05, 4.69) is 20.9 Å². The standard InChI is InChI=1S/C14H12BrNOS/c1-10-5-2-3-6-11(10)13(17)9-18-14-12(15)7-4-8-16-14/h2-8H,9H2,1H3. The van der Waals surface area contributed by atoms with Gasteiger partial charge in [0.15, 0.2) is 5.78 Å². The van der Waals surface area contributed by atoms with E-state index in [1.807, 2.05) is 43.3 Å². The summed E-state index contributed by atoms with van der Waals surface area (Å²) in [7, 11) is 0. The molecule has 0 saturated carbocycles. The smallest absolute Gasteiger partial charge is 0.173 e. The number of hydrogen-bond donors (Lipinski definition) is 0. The first kappa shape index (κ1) is 13.3. The number of aryl methyl sites for hydroxylation is 1. The van der Waals surface area contributed by atoms with Gasteiger partial charge >= 0.3 is 0 Å². The van der Waals surface area contributed by atoms with Crippen LogP contribution in [-0.4, -0.2) is 16.5 Å². The van der Waals surface area contributed by atoms with Crippen LogP contribution >= 0.6 is 27.7 Å². The van der Waals surface area contributed by atoms with E-state index in [0.717, 1.165) is 20.6 Å². The third kappa shape index (κ3) is 3.21. The summed E-state index contributed by atoms with van der Waals surface area (Å²) in [5.74, 6) is 0.538. The molecule has 0 radical (unpaired) electrons. The van der Waals surface area contributed by atoms with Gasteiger partial charge in [-0.3, -0.25) is 4.79 Å². The van der Waals surface area contributed by atoms with E-state index in [1.165, 1.54) is 11.8 Å². The molecule has 4 heteroatoms. The number of aromatic nitrogens is 1. The second-order valence-corrected chi connectivity index (χ2v) is 5.64. The molecule has 0 saturated heterocycles. The predicted molar refractivity (Wildman–Crippen MR) is 78.2 cm³/mol. The predicted octanol–water partition coefficient (Wildman–Crippen LogP) is 4.13. The molecule has 0 aliphatic heterocycles. The molecule has 0 spiro atoms. The van der Waals surface area contributed by atoms with Crippen molar-refractivity contribution in [1.29, 1.82) is 0 Å². The van der Waals surface area contributed by atoms with Crippen LogP contribution in [0.2, 0.25) is 0 Å². The summed E-state index contributed by atoms with van der Waals surface area (Å²) in [6.07, 6.45) is 1.73. The second-order valence-electron chi connectivity index (χ2n) is 3.82. The third-order valence-electron chi connectivity index (χ3n) is 2.51.